The van der Waals surface area contributed by atoms with Crippen LogP contribution in [0, 0.1) is 5.41 Å². The highest BCUT2D eigenvalue weighted by atomic mass is 16.4. The van der Waals surface area contributed by atoms with Crippen molar-refractivity contribution >= 4 is 18.6 Å². The summed E-state index contributed by atoms with van der Waals surface area (Å²) in [7, 11) is 0. The van der Waals surface area contributed by atoms with Crippen molar-refractivity contribution in [2.45, 2.75) is 46.6 Å². The van der Waals surface area contributed by atoms with Crippen molar-refractivity contribution in [1.82, 2.24) is 4.90 Å². The van der Waals surface area contributed by atoms with Crippen LogP contribution < -0.4 is 0 Å². The highest BCUT2D eigenvalue weighted by Gasteiger charge is 2.22. The smallest absolute Gasteiger partial charge is 0.335 e. The number of hydrogen-bond acceptors (Lipinski definition) is 3. The van der Waals surface area contributed by atoms with Crippen LogP contribution in [0.15, 0.2) is 29.3 Å². The van der Waals surface area contributed by atoms with Gasteiger partial charge in [-0.25, -0.2) is 4.79 Å². The van der Waals surface area contributed by atoms with E-state index in [1.807, 2.05) is 6.92 Å². The third kappa shape index (κ3) is 6.22. The Labute approximate surface area is 138 Å². The first kappa shape index (κ1) is 18.9. The van der Waals surface area contributed by atoms with Crippen LogP contribution in [-0.4, -0.2) is 35.3 Å². The zero-order chi connectivity index (χ0) is 17.5. The SMILES string of the molecule is C/C=N\CN(C=O)C(CCC(C)(C)C)c1ccc(C(=O)O)cc1. The fourth-order valence-electron chi connectivity index (χ4n) is 2.32. The van der Waals surface area contributed by atoms with E-state index >= 15 is 0 Å². The molecule has 0 aromatic heterocycles. The maximum atomic E-state index is 11.5. The molecule has 1 atom stereocenters. The molecular formula is C18H26N2O3. The van der Waals surface area contributed by atoms with Crippen molar-refractivity contribution in [1.29, 1.82) is 0 Å². The molecule has 126 valence electrons. The Morgan fingerprint density at radius 2 is 1.91 bits per heavy atom. The third-order valence-corrected chi connectivity index (χ3v) is 3.67. The Kier molecular flexibility index (Phi) is 6.94. The van der Waals surface area contributed by atoms with E-state index in [2.05, 4.69) is 25.8 Å². The molecule has 0 aliphatic heterocycles. The number of carbonyl (C=O) groups excluding carboxylic acids is 1. The van der Waals surface area contributed by atoms with Gasteiger partial charge < -0.3 is 10.0 Å². The van der Waals surface area contributed by atoms with Gasteiger partial charge in [-0.1, -0.05) is 32.9 Å². The van der Waals surface area contributed by atoms with E-state index in [0.717, 1.165) is 24.8 Å². The second kappa shape index (κ2) is 8.46. The van der Waals surface area contributed by atoms with Gasteiger partial charge in [-0.15, -0.1) is 0 Å². The van der Waals surface area contributed by atoms with Gasteiger partial charge in [-0.05, 0) is 49.1 Å². The predicted octanol–water partition coefficient (Wildman–Crippen LogP) is 3.76. The third-order valence-electron chi connectivity index (χ3n) is 3.67. The van der Waals surface area contributed by atoms with E-state index in [1.54, 1.807) is 35.4 Å². The average Bonchev–Trinajstić information content (AvgIpc) is 2.49. The van der Waals surface area contributed by atoms with Crippen molar-refractivity contribution in [3.8, 4) is 0 Å². The van der Waals surface area contributed by atoms with Crippen molar-refractivity contribution in [2.75, 3.05) is 6.67 Å². The number of benzene rings is 1. The van der Waals surface area contributed by atoms with Crippen LogP contribution >= 0.6 is 0 Å². The van der Waals surface area contributed by atoms with Gasteiger partial charge >= 0.3 is 5.97 Å². The van der Waals surface area contributed by atoms with Crippen LogP contribution in [0.25, 0.3) is 0 Å². The van der Waals surface area contributed by atoms with E-state index in [-0.39, 0.29) is 17.0 Å². The van der Waals surface area contributed by atoms with Crippen LogP contribution in [-0.2, 0) is 4.79 Å². The van der Waals surface area contributed by atoms with Crippen LogP contribution in [0.1, 0.15) is 62.5 Å². The lowest BCUT2D eigenvalue weighted by Crippen LogP contribution is -2.29. The molecule has 0 saturated carbocycles. The number of aromatic carboxylic acids is 1. The predicted molar refractivity (Wildman–Crippen MR) is 91.8 cm³/mol. The molecule has 0 spiro atoms. The van der Waals surface area contributed by atoms with Gasteiger partial charge in [0.15, 0.2) is 0 Å². The summed E-state index contributed by atoms with van der Waals surface area (Å²) in [4.78, 5) is 28.3. The first-order valence-electron chi connectivity index (χ1n) is 7.77. The average molecular weight is 318 g/mol. The van der Waals surface area contributed by atoms with Crippen molar-refractivity contribution < 1.29 is 14.7 Å². The van der Waals surface area contributed by atoms with Crippen LogP contribution in [0.2, 0.25) is 0 Å². The quantitative estimate of drug-likeness (QED) is 0.586. The van der Waals surface area contributed by atoms with Crippen LogP contribution in [0.5, 0.6) is 0 Å². The van der Waals surface area contributed by atoms with Crippen molar-refractivity contribution in [2.24, 2.45) is 10.4 Å². The molecule has 0 radical (unpaired) electrons. The number of carboxylic acids is 1. The molecule has 1 aromatic carbocycles. The van der Waals surface area contributed by atoms with Gasteiger partial charge in [-0.2, -0.15) is 0 Å². The topological polar surface area (TPSA) is 70.0 Å². The largest absolute Gasteiger partial charge is 0.478 e. The molecule has 0 fully saturated rings. The molecular weight excluding hydrogens is 292 g/mol. The highest BCUT2D eigenvalue weighted by Crippen LogP contribution is 2.31. The van der Waals surface area contributed by atoms with Gasteiger partial charge in [-0.3, -0.25) is 9.79 Å². The molecule has 0 aliphatic carbocycles. The minimum atomic E-state index is -0.953. The van der Waals surface area contributed by atoms with E-state index in [1.165, 1.54) is 0 Å². The number of carboxylic acid groups (broad SMARTS) is 1. The van der Waals surface area contributed by atoms with Crippen LogP contribution in [0.3, 0.4) is 0 Å². The first-order chi connectivity index (χ1) is 10.8. The Hall–Kier alpha value is -2.17. The standard InChI is InChI=1S/C18H26N2O3/c1-5-19-12-20(13-21)16(10-11-18(2,3)4)14-6-8-15(9-7-14)17(22)23/h5-9,13,16H,10-12H2,1-4H3,(H,22,23)/b19-5-. The van der Waals surface area contributed by atoms with Gasteiger partial charge in [0.25, 0.3) is 0 Å². The number of rotatable bonds is 8. The van der Waals surface area contributed by atoms with E-state index in [4.69, 9.17) is 5.11 Å². The summed E-state index contributed by atoms with van der Waals surface area (Å²) < 4.78 is 0. The number of amides is 1. The molecule has 0 heterocycles. The summed E-state index contributed by atoms with van der Waals surface area (Å²) in [5, 5.41) is 9.01. The number of aliphatic imine (C=N–C) groups is 1. The molecule has 0 saturated heterocycles. The van der Waals surface area contributed by atoms with E-state index < -0.39 is 5.97 Å². The van der Waals surface area contributed by atoms with Crippen molar-refractivity contribution in [3.63, 3.8) is 0 Å². The molecule has 1 N–H and O–H groups in total. The Morgan fingerprint density at radius 3 is 2.35 bits per heavy atom. The molecule has 1 amide bonds. The maximum absolute atomic E-state index is 11.5. The lowest BCUT2D eigenvalue weighted by molar-refractivity contribution is -0.120. The minimum absolute atomic E-state index is 0.113. The molecule has 1 rings (SSSR count). The first-order valence-corrected chi connectivity index (χ1v) is 7.77. The fraction of sp³-hybridized carbons (Fsp3) is 0.500. The molecule has 0 bridgehead atoms. The zero-order valence-electron chi connectivity index (χ0n) is 14.3. The number of nitrogens with zero attached hydrogens (tertiary/aromatic N) is 2. The molecule has 5 heteroatoms. The lowest BCUT2D eigenvalue weighted by Gasteiger charge is -2.30. The second-order valence-electron chi connectivity index (χ2n) is 6.74. The van der Waals surface area contributed by atoms with E-state index in [9.17, 15) is 9.59 Å². The summed E-state index contributed by atoms with van der Waals surface area (Å²) in [6.45, 7) is 8.59. The Morgan fingerprint density at radius 1 is 1.30 bits per heavy atom. The maximum Gasteiger partial charge on any atom is 0.335 e. The highest BCUT2D eigenvalue weighted by molar-refractivity contribution is 5.87. The molecule has 1 aromatic rings. The van der Waals surface area contributed by atoms with Gasteiger partial charge in [0.05, 0.1) is 11.6 Å². The summed E-state index contributed by atoms with van der Waals surface area (Å²) in [5.41, 5.74) is 1.33. The normalized spacial score (nSPS) is 13.0. The molecule has 5 nitrogen and oxygen atoms in total. The lowest BCUT2D eigenvalue weighted by atomic mass is 9.86. The van der Waals surface area contributed by atoms with Crippen molar-refractivity contribution in [3.05, 3.63) is 35.4 Å². The van der Waals surface area contributed by atoms with E-state index in [0.29, 0.717) is 6.67 Å². The fourth-order valence-corrected chi connectivity index (χ4v) is 2.32. The summed E-state index contributed by atoms with van der Waals surface area (Å²) in [5.74, 6) is -0.953. The zero-order valence-corrected chi connectivity index (χ0v) is 14.3. The Bertz CT molecular complexity index is 544. The van der Waals surface area contributed by atoms with Gasteiger partial charge in [0, 0.05) is 0 Å². The van der Waals surface area contributed by atoms with Gasteiger partial charge in [0.2, 0.25) is 6.41 Å². The molecule has 23 heavy (non-hydrogen) atoms. The molecule has 0 aliphatic rings. The summed E-state index contributed by atoms with van der Waals surface area (Å²) >= 11 is 0. The second-order valence-corrected chi connectivity index (χ2v) is 6.74. The minimum Gasteiger partial charge on any atom is -0.478 e. The monoisotopic (exact) mass is 318 g/mol. The molecule has 1 unspecified atom stereocenters. The summed E-state index contributed by atoms with van der Waals surface area (Å²) in [6.07, 6.45) is 4.22. The van der Waals surface area contributed by atoms with Gasteiger partial charge in [0.1, 0.15) is 6.67 Å². The van der Waals surface area contributed by atoms with Crippen LogP contribution in [0.4, 0.5) is 0 Å². The summed E-state index contributed by atoms with van der Waals surface area (Å²) in [6, 6.07) is 6.60. The Balaban J connectivity index is 3.05. The number of hydrogen-bond donors (Lipinski definition) is 1. The number of carbonyl (C=O) groups is 2.